The minimum atomic E-state index is -0.962. The zero-order valence-electron chi connectivity index (χ0n) is 49.3. The summed E-state index contributed by atoms with van der Waals surface area (Å²) in [7, 11) is 0. The second-order valence-corrected chi connectivity index (χ2v) is 22.7. The average Bonchev–Trinajstić information content (AvgIpc) is 3.39. The van der Waals surface area contributed by atoms with Crippen LogP contribution in [0.25, 0.3) is 0 Å². The molecule has 0 aliphatic carbocycles. The molecular formula is C68H129NO4. The monoisotopic (exact) mass is 1020 g/mol. The van der Waals surface area contributed by atoms with Gasteiger partial charge in [-0.15, -0.1) is 0 Å². The van der Waals surface area contributed by atoms with E-state index in [9.17, 15) is 20.1 Å². The molecule has 0 rings (SSSR count). The molecule has 0 aromatic carbocycles. The Morgan fingerprint density at radius 2 is 0.589 bits per heavy atom. The van der Waals surface area contributed by atoms with E-state index in [1.165, 1.54) is 289 Å². The van der Waals surface area contributed by atoms with E-state index in [1.807, 2.05) is 6.08 Å². The number of hydrogen-bond acceptors (Lipinski definition) is 4. The van der Waals surface area contributed by atoms with Crippen LogP contribution in [0.4, 0.5) is 0 Å². The van der Waals surface area contributed by atoms with Gasteiger partial charge < -0.3 is 20.6 Å². The van der Waals surface area contributed by atoms with E-state index in [0.717, 1.165) is 38.5 Å². The lowest BCUT2D eigenvalue weighted by Crippen LogP contribution is -2.45. The number of carbonyl (C=O) groups excluding carboxylic acids is 1. The Labute approximate surface area is 457 Å². The average molecular weight is 1020 g/mol. The number of amides is 1. The second-order valence-electron chi connectivity index (χ2n) is 22.7. The van der Waals surface area contributed by atoms with Crippen LogP contribution in [0.15, 0.2) is 48.6 Å². The normalized spacial score (nSPS) is 13.4. The Bertz CT molecular complexity index is 1180. The van der Waals surface area contributed by atoms with Gasteiger partial charge >= 0.3 is 0 Å². The number of rotatable bonds is 61. The summed E-state index contributed by atoms with van der Waals surface area (Å²) in [4.78, 5) is 12.5. The van der Waals surface area contributed by atoms with E-state index in [0.29, 0.717) is 6.42 Å². The van der Waals surface area contributed by atoms with Crippen LogP contribution < -0.4 is 5.32 Å². The highest BCUT2D eigenvalue weighted by Crippen LogP contribution is 2.18. The number of unbranched alkanes of at least 4 members (excludes halogenated alkanes) is 46. The molecule has 0 saturated carbocycles. The van der Waals surface area contributed by atoms with E-state index in [-0.39, 0.29) is 18.9 Å². The lowest BCUT2D eigenvalue weighted by Gasteiger charge is -2.21. The Morgan fingerprint density at radius 1 is 0.342 bits per heavy atom. The van der Waals surface area contributed by atoms with Crippen LogP contribution in [0.1, 0.15) is 354 Å². The Hall–Kier alpha value is -1.69. The van der Waals surface area contributed by atoms with Crippen molar-refractivity contribution < 1.29 is 20.1 Å². The summed E-state index contributed by atoms with van der Waals surface area (Å²) in [6, 6.07) is -0.769. The third kappa shape index (κ3) is 59.4. The summed E-state index contributed by atoms with van der Waals surface area (Å²) in [5, 5.41) is 33.5. The minimum absolute atomic E-state index is 0.00354. The molecule has 0 saturated heterocycles. The molecule has 5 nitrogen and oxygen atoms in total. The number of allylic oxidation sites excluding steroid dienone is 7. The molecule has 3 unspecified atom stereocenters. The number of nitrogens with one attached hydrogen (secondary N) is 1. The first-order valence-electron chi connectivity index (χ1n) is 32.9. The number of carbonyl (C=O) groups is 1. The van der Waals surface area contributed by atoms with Gasteiger partial charge in [-0.25, -0.2) is 0 Å². The minimum Gasteiger partial charge on any atom is -0.394 e. The smallest absolute Gasteiger partial charge is 0.222 e. The maximum atomic E-state index is 12.5. The van der Waals surface area contributed by atoms with Crippen LogP contribution in [0.2, 0.25) is 0 Å². The summed E-state index contributed by atoms with van der Waals surface area (Å²) >= 11 is 0. The molecule has 0 fully saturated rings. The van der Waals surface area contributed by atoms with Crippen molar-refractivity contribution >= 4 is 5.91 Å². The molecule has 73 heavy (non-hydrogen) atoms. The summed E-state index contributed by atoms with van der Waals surface area (Å²) in [6.45, 7) is 4.24. The Morgan fingerprint density at radius 3 is 0.877 bits per heavy atom. The Balaban J connectivity index is 3.52. The fourth-order valence-corrected chi connectivity index (χ4v) is 10.3. The molecule has 0 aromatic rings. The lowest BCUT2D eigenvalue weighted by atomic mass is 10.0. The van der Waals surface area contributed by atoms with Gasteiger partial charge in [-0.3, -0.25) is 4.79 Å². The highest BCUT2D eigenvalue weighted by atomic mass is 16.3. The molecule has 0 heterocycles. The molecular weight excluding hydrogens is 895 g/mol. The van der Waals surface area contributed by atoms with E-state index in [1.54, 1.807) is 6.08 Å². The van der Waals surface area contributed by atoms with E-state index in [2.05, 4.69) is 55.6 Å². The zero-order valence-corrected chi connectivity index (χ0v) is 49.3. The highest BCUT2D eigenvalue weighted by Gasteiger charge is 2.20. The molecule has 430 valence electrons. The van der Waals surface area contributed by atoms with Crippen molar-refractivity contribution in [3.63, 3.8) is 0 Å². The summed E-state index contributed by atoms with van der Waals surface area (Å²) < 4.78 is 0. The quantitative estimate of drug-likeness (QED) is 0.0361. The van der Waals surface area contributed by atoms with Crippen LogP contribution in [0.3, 0.4) is 0 Å². The van der Waals surface area contributed by atoms with Crippen molar-refractivity contribution in [3.05, 3.63) is 48.6 Å². The first kappa shape index (κ1) is 71.3. The van der Waals surface area contributed by atoms with Gasteiger partial charge in [0.25, 0.3) is 0 Å². The molecule has 0 radical (unpaired) electrons. The van der Waals surface area contributed by atoms with Crippen LogP contribution in [-0.4, -0.2) is 46.1 Å². The summed E-state index contributed by atoms with van der Waals surface area (Å²) in [5.74, 6) is -0.325. The van der Waals surface area contributed by atoms with E-state index < -0.39 is 18.2 Å². The number of aliphatic hydroxyl groups excluding tert-OH is 3. The van der Waals surface area contributed by atoms with Crippen molar-refractivity contribution in [1.29, 1.82) is 0 Å². The first-order valence-corrected chi connectivity index (χ1v) is 32.9. The fourth-order valence-electron chi connectivity index (χ4n) is 10.3. The maximum absolute atomic E-state index is 12.5. The SMILES string of the molecule is CCCCCCCCCCCCC/C=C/CC/C=C/CC/C=C/C(O)C(CO)NC(=O)CC(O)CCCCCCCCCCCCCCCCC/C=C\CCCCCCCCCCCCCCCCCCCC. The maximum Gasteiger partial charge on any atom is 0.222 e. The fraction of sp³-hybridized carbons (Fsp3) is 0.868. The van der Waals surface area contributed by atoms with Gasteiger partial charge in [0.2, 0.25) is 5.91 Å². The summed E-state index contributed by atoms with van der Waals surface area (Å²) in [6.07, 6.45) is 85.0. The molecule has 0 aliphatic rings. The lowest BCUT2D eigenvalue weighted by molar-refractivity contribution is -0.124. The molecule has 4 N–H and O–H groups in total. The second kappa shape index (κ2) is 62.8. The predicted octanol–water partition coefficient (Wildman–Crippen LogP) is 21.1. The first-order chi connectivity index (χ1) is 36.0. The van der Waals surface area contributed by atoms with Crippen molar-refractivity contribution in [2.45, 2.75) is 372 Å². The highest BCUT2D eigenvalue weighted by molar-refractivity contribution is 5.76. The van der Waals surface area contributed by atoms with Crippen molar-refractivity contribution in [1.82, 2.24) is 5.32 Å². The van der Waals surface area contributed by atoms with Crippen molar-refractivity contribution in [3.8, 4) is 0 Å². The largest absolute Gasteiger partial charge is 0.394 e. The standard InChI is InChI=1S/C68H129NO4/c1-3-5-7-9-11-13-15-17-19-21-23-25-26-27-28-29-30-31-32-33-34-35-36-37-38-39-40-42-43-45-47-49-51-53-55-57-59-61-65(71)63-68(73)69-66(64-70)67(72)62-60-58-56-54-52-50-48-46-44-41-24-22-20-18-16-14-12-10-8-6-4-2/h33-34,44,46,52,54,60,62,65-67,70-72H,3-32,35-43,45,47-51,53,55-59,61,63-64H2,1-2H3,(H,69,73)/b34-33-,46-44+,54-52+,62-60+. The molecule has 1 amide bonds. The molecule has 3 atom stereocenters. The zero-order chi connectivity index (χ0) is 52.9. The van der Waals surface area contributed by atoms with E-state index >= 15 is 0 Å². The number of hydrogen-bond donors (Lipinski definition) is 4. The van der Waals surface area contributed by atoms with E-state index in [4.69, 9.17) is 0 Å². The molecule has 0 aliphatic heterocycles. The topological polar surface area (TPSA) is 89.8 Å². The van der Waals surface area contributed by atoms with Crippen LogP contribution in [0.5, 0.6) is 0 Å². The van der Waals surface area contributed by atoms with Crippen LogP contribution in [0, 0.1) is 0 Å². The Kier molecular flexibility index (Phi) is 61.4. The van der Waals surface area contributed by atoms with Gasteiger partial charge in [0.1, 0.15) is 0 Å². The predicted molar refractivity (Wildman–Crippen MR) is 324 cm³/mol. The molecule has 0 bridgehead atoms. The van der Waals surface area contributed by atoms with Crippen LogP contribution >= 0.6 is 0 Å². The summed E-state index contributed by atoms with van der Waals surface area (Å²) in [5.41, 5.74) is 0. The van der Waals surface area contributed by atoms with Crippen molar-refractivity contribution in [2.75, 3.05) is 6.61 Å². The molecule has 0 spiro atoms. The van der Waals surface area contributed by atoms with Gasteiger partial charge in [0.15, 0.2) is 0 Å². The number of aliphatic hydroxyl groups is 3. The van der Waals surface area contributed by atoms with Gasteiger partial charge in [-0.2, -0.15) is 0 Å². The van der Waals surface area contributed by atoms with Crippen molar-refractivity contribution in [2.24, 2.45) is 0 Å². The van der Waals surface area contributed by atoms with Crippen LogP contribution in [-0.2, 0) is 4.79 Å². The van der Waals surface area contributed by atoms with Gasteiger partial charge in [-0.1, -0.05) is 326 Å². The molecule has 0 aromatic heterocycles. The third-order valence-corrected chi connectivity index (χ3v) is 15.3. The third-order valence-electron chi connectivity index (χ3n) is 15.3. The van der Waals surface area contributed by atoms with Gasteiger partial charge in [0, 0.05) is 0 Å². The molecule has 5 heteroatoms. The van der Waals surface area contributed by atoms with Gasteiger partial charge in [0.05, 0.1) is 31.3 Å². The van der Waals surface area contributed by atoms with Gasteiger partial charge in [-0.05, 0) is 70.6 Å².